The molecule has 0 saturated carbocycles. The summed E-state index contributed by atoms with van der Waals surface area (Å²) < 4.78 is 0. The molecule has 2 aliphatic carbocycles. The highest BCUT2D eigenvalue weighted by Crippen LogP contribution is 2.23. The normalized spacial score (nSPS) is 16.8. The molecule has 2 aliphatic rings. The van der Waals surface area contributed by atoms with Gasteiger partial charge in [0.05, 0.1) is 0 Å². The minimum absolute atomic E-state index is 0.565. The Bertz CT molecular complexity index is 626. The Kier molecular flexibility index (Phi) is 27.1. The van der Waals surface area contributed by atoms with Gasteiger partial charge in [0.2, 0.25) is 0 Å². The van der Waals surface area contributed by atoms with Gasteiger partial charge >= 0.3 is 0 Å². The summed E-state index contributed by atoms with van der Waals surface area (Å²) in [7, 11) is 0. The Balaban J connectivity index is -0.000000383. The molecular formula is C30H50. The fourth-order valence-electron chi connectivity index (χ4n) is 2.20. The van der Waals surface area contributed by atoms with E-state index in [1.54, 1.807) is 0 Å². The SMILES string of the molecule is C/C=C/C.C/C=C/C.C1=CC2C=c3ccccc3=CC2C=C1.CC.CC.CC(C)C. The first-order valence-electron chi connectivity index (χ1n) is 11.8. The van der Waals surface area contributed by atoms with Gasteiger partial charge in [-0.25, -0.2) is 0 Å². The summed E-state index contributed by atoms with van der Waals surface area (Å²) in [6, 6.07) is 8.58. The zero-order valence-electron chi connectivity index (χ0n) is 21.8. The Morgan fingerprint density at radius 1 is 0.600 bits per heavy atom. The zero-order chi connectivity index (χ0) is 23.8. The molecule has 2 unspecified atom stereocenters. The highest BCUT2D eigenvalue weighted by molar-refractivity contribution is 5.49. The van der Waals surface area contributed by atoms with Crippen molar-refractivity contribution in [3.63, 3.8) is 0 Å². The molecule has 30 heavy (non-hydrogen) atoms. The number of allylic oxidation sites excluding steroid dienone is 8. The van der Waals surface area contributed by atoms with Crippen molar-refractivity contribution < 1.29 is 0 Å². The smallest absolute Gasteiger partial charge is 0.00569 e. The fraction of sp³-hybridized carbons (Fsp3) is 0.467. The molecule has 0 spiro atoms. The van der Waals surface area contributed by atoms with Crippen LogP contribution in [0.25, 0.3) is 12.2 Å². The largest absolute Gasteiger partial charge is 0.0919 e. The summed E-state index contributed by atoms with van der Waals surface area (Å²) in [6.07, 6.45) is 21.5. The van der Waals surface area contributed by atoms with E-state index in [1.165, 1.54) is 10.4 Å². The Morgan fingerprint density at radius 2 is 0.867 bits per heavy atom. The van der Waals surface area contributed by atoms with Crippen LogP contribution in [0.15, 0.2) is 72.9 Å². The van der Waals surface area contributed by atoms with Crippen LogP contribution in [0.1, 0.15) is 76.2 Å². The summed E-state index contributed by atoms with van der Waals surface area (Å²) in [5.74, 6) is 1.96. The number of fused-ring (bicyclic) bond motifs is 2. The van der Waals surface area contributed by atoms with Gasteiger partial charge in [-0.05, 0) is 44.1 Å². The van der Waals surface area contributed by atoms with Crippen LogP contribution in [-0.4, -0.2) is 0 Å². The van der Waals surface area contributed by atoms with E-state index in [-0.39, 0.29) is 0 Å². The molecule has 1 aromatic carbocycles. The fourth-order valence-corrected chi connectivity index (χ4v) is 2.20. The maximum absolute atomic E-state index is 2.36. The molecule has 0 radical (unpaired) electrons. The first-order chi connectivity index (χ1) is 14.5. The van der Waals surface area contributed by atoms with Gasteiger partial charge in [0.15, 0.2) is 0 Å². The first kappa shape index (κ1) is 32.6. The number of hydrogen-bond donors (Lipinski definition) is 0. The van der Waals surface area contributed by atoms with Gasteiger partial charge in [0.25, 0.3) is 0 Å². The van der Waals surface area contributed by atoms with Crippen LogP contribution in [0.5, 0.6) is 0 Å². The third-order valence-corrected chi connectivity index (χ3v) is 3.63. The van der Waals surface area contributed by atoms with Crippen LogP contribution in [0.2, 0.25) is 0 Å². The van der Waals surface area contributed by atoms with Gasteiger partial charge < -0.3 is 0 Å². The van der Waals surface area contributed by atoms with E-state index in [2.05, 4.69) is 81.5 Å². The molecule has 170 valence electrons. The molecule has 0 heterocycles. The molecule has 0 aliphatic heterocycles. The van der Waals surface area contributed by atoms with Gasteiger partial charge in [0.1, 0.15) is 0 Å². The van der Waals surface area contributed by atoms with E-state index in [1.807, 2.05) is 79.7 Å². The van der Waals surface area contributed by atoms with Gasteiger partial charge in [-0.1, -0.05) is 133 Å². The lowest BCUT2D eigenvalue weighted by Gasteiger charge is -2.20. The van der Waals surface area contributed by atoms with E-state index < -0.39 is 0 Å². The lowest BCUT2D eigenvalue weighted by atomic mass is 9.84. The lowest BCUT2D eigenvalue weighted by molar-refractivity contribution is 0.723. The Morgan fingerprint density at radius 3 is 1.10 bits per heavy atom. The first-order valence-corrected chi connectivity index (χ1v) is 11.8. The van der Waals surface area contributed by atoms with Gasteiger partial charge in [-0.15, -0.1) is 0 Å². The Labute approximate surface area is 189 Å². The molecule has 0 nitrogen and oxygen atoms in total. The molecule has 2 atom stereocenters. The Hall–Kier alpha value is -2.08. The average molecular weight is 411 g/mol. The second-order valence-electron chi connectivity index (χ2n) is 6.95. The lowest BCUT2D eigenvalue weighted by Crippen LogP contribution is -2.31. The number of hydrogen-bond acceptors (Lipinski definition) is 0. The monoisotopic (exact) mass is 410 g/mol. The minimum Gasteiger partial charge on any atom is -0.0919 e. The van der Waals surface area contributed by atoms with Crippen molar-refractivity contribution in [3.8, 4) is 0 Å². The summed E-state index contributed by atoms with van der Waals surface area (Å²) in [4.78, 5) is 0. The van der Waals surface area contributed by atoms with Crippen molar-refractivity contribution in [2.45, 2.75) is 76.2 Å². The number of rotatable bonds is 0. The topological polar surface area (TPSA) is 0 Å². The number of benzene rings is 1. The van der Waals surface area contributed by atoms with Gasteiger partial charge in [-0.3, -0.25) is 0 Å². The summed E-state index contributed by atoms with van der Waals surface area (Å²) in [5.41, 5.74) is 0. The highest BCUT2D eigenvalue weighted by Gasteiger charge is 2.15. The van der Waals surface area contributed by atoms with Gasteiger partial charge in [-0.2, -0.15) is 0 Å². The maximum Gasteiger partial charge on any atom is 0.00569 e. The van der Waals surface area contributed by atoms with Crippen molar-refractivity contribution in [2.24, 2.45) is 17.8 Å². The van der Waals surface area contributed by atoms with Crippen LogP contribution in [0, 0.1) is 17.8 Å². The summed E-state index contributed by atoms with van der Waals surface area (Å²) in [5, 5.41) is 2.74. The second-order valence-corrected chi connectivity index (χ2v) is 6.95. The van der Waals surface area contributed by atoms with E-state index in [0.29, 0.717) is 11.8 Å². The molecule has 0 heteroatoms. The molecule has 0 amide bonds. The van der Waals surface area contributed by atoms with Crippen LogP contribution < -0.4 is 10.4 Å². The minimum atomic E-state index is 0.565. The molecule has 0 aromatic heterocycles. The van der Waals surface area contributed by atoms with E-state index in [4.69, 9.17) is 0 Å². The summed E-state index contributed by atoms with van der Waals surface area (Å²) >= 11 is 0. The van der Waals surface area contributed by atoms with E-state index >= 15 is 0 Å². The molecule has 0 fully saturated rings. The molecule has 3 rings (SSSR count). The van der Waals surface area contributed by atoms with Crippen molar-refractivity contribution >= 4 is 12.2 Å². The van der Waals surface area contributed by atoms with Crippen LogP contribution in [-0.2, 0) is 0 Å². The van der Waals surface area contributed by atoms with Crippen LogP contribution >= 0.6 is 0 Å². The van der Waals surface area contributed by atoms with Crippen molar-refractivity contribution in [2.75, 3.05) is 0 Å². The molecule has 0 bridgehead atoms. The molecule has 1 aromatic rings. The third-order valence-electron chi connectivity index (χ3n) is 3.63. The third kappa shape index (κ3) is 18.0. The highest BCUT2D eigenvalue weighted by atomic mass is 14.2. The molecule has 0 N–H and O–H groups in total. The second kappa shape index (κ2) is 25.0. The average Bonchev–Trinajstić information content (AvgIpc) is 2.80. The maximum atomic E-state index is 2.36. The molecule has 0 saturated heterocycles. The van der Waals surface area contributed by atoms with Crippen molar-refractivity contribution in [1.82, 2.24) is 0 Å². The predicted molar refractivity (Wildman–Crippen MR) is 144 cm³/mol. The quantitative estimate of drug-likeness (QED) is 0.376. The zero-order valence-corrected chi connectivity index (χ0v) is 21.8. The van der Waals surface area contributed by atoms with Crippen molar-refractivity contribution in [1.29, 1.82) is 0 Å². The van der Waals surface area contributed by atoms with Crippen LogP contribution in [0.3, 0.4) is 0 Å². The van der Waals surface area contributed by atoms with E-state index in [0.717, 1.165) is 5.92 Å². The van der Waals surface area contributed by atoms with Crippen molar-refractivity contribution in [3.05, 3.63) is 83.3 Å². The van der Waals surface area contributed by atoms with Gasteiger partial charge in [0, 0.05) is 11.8 Å². The standard InChI is InChI=1S/C14H12.C4H10.2C4H8.2C2H6/c1-2-6-12-10-14-8-4-3-7-13(14)9-11(12)5-1;1-4(2)3;2*1-3-4-2;2*1-2/h1-12H;4H,1-3H3;2*3-4H,1-2H3;2*1-2H3/b;;2*4-3+;;. The summed E-state index contributed by atoms with van der Waals surface area (Å²) in [6.45, 7) is 22.5. The van der Waals surface area contributed by atoms with E-state index in [9.17, 15) is 0 Å². The predicted octanol–water partition coefficient (Wildman–Crippen LogP) is 8.50. The molecular weight excluding hydrogens is 360 g/mol. The van der Waals surface area contributed by atoms with Crippen LogP contribution in [0.4, 0.5) is 0 Å².